The summed E-state index contributed by atoms with van der Waals surface area (Å²) in [6, 6.07) is 0. The first kappa shape index (κ1) is 6.65. The Kier molecular flexibility index (Phi) is 1.15. The minimum atomic E-state index is -0.0401. The molecule has 0 saturated carbocycles. The van der Waals surface area contributed by atoms with E-state index < -0.39 is 0 Å². The highest BCUT2D eigenvalue weighted by molar-refractivity contribution is 14.1. The van der Waals surface area contributed by atoms with Crippen molar-refractivity contribution in [2.45, 2.75) is 28.7 Å². The summed E-state index contributed by atoms with van der Waals surface area (Å²) in [5.74, 6) is 0.0256. The van der Waals surface area contributed by atoms with Gasteiger partial charge in [0, 0.05) is 0 Å². The Morgan fingerprint density at radius 3 is 2.91 bits per heavy atom. The van der Waals surface area contributed by atoms with Crippen molar-refractivity contribution in [3.05, 3.63) is 0 Å². The predicted molar refractivity (Wildman–Crippen MR) is 44.5 cm³/mol. The SMILES string of the molecule is O=C1O[C@@H]2[C@@H](I)[C@H]3C[C@H]1[C@H]2O3. The Labute approximate surface area is 77.6 Å². The Bertz CT molecular complexity index is 230. The predicted octanol–water partition coefficient (Wildman–Crippen LogP) is 0.503. The first-order chi connectivity index (χ1) is 5.27. The summed E-state index contributed by atoms with van der Waals surface area (Å²) in [6.07, 6.45) is 1.32. The molecule has 3 aliphatic heterocycles. The summed E-state index contributed by atoms with van der Waals surface area (Å²) in [5, 5.41) is 0. The van der Waals surface area contributed by atoms with Crippen LogP contribution < -0.4 is 0 Å². The lowest BCUT2D eigenvalue weighted by molar-refractivity contribution is -0.143. The zero-order valence-corrected chi connectivity index (χ0v) is 7.85. The summed E-state index contributed by atoms with van der Waals surface area (Å²) in [4.78, 5) is 11.1. The molecule has 11 heavy (non-hydrogen) atoms. The van der Waals surface area contributed by atoms with Gasteiger partial charge in [0.1, 0.15) is 12.2 Å². The molecule has 5 atom stereocenters. The molecule has 0 unspecified atom stereocenters. The molecule has 3 saturated heterocycles. The number of carbonyl (C=O) groups excluding carboxylic acids is 1. The first-order valence-corrected chi connectivity index (χ1v) is 5.02. The van der Waals surface area contributed by atoms with Crippen LogP contribution >= 0.6 is 22.6 Å². The number of rotatable bonds is 0. The Balaban J connectivity index is 2.04. The standard InChI is InChI=1S/C7H7IO3/c8-4-3-1-2-5(10-3)6(4)11-7(2)9/h2-6H,1H2/t2-,3+,4-,5+,6+/m0/s1. The Morgan fingerprint density at radius 1 is 1.45 bits per heavy atom. The van der Waals surface area contributed by atoms with E-state index in [9.17, 15) is 4.79 Å². The van der Waals surface area contributed by atoms with Crippen LogP contribution in [-0.4, -0.2) is 28.2 Å². The minimum absolute atomic E-state index is 0.0401. The summed E-state index contributed by atoms with van der Waals surface area (Å²) in [5.41, 5.74) is 0. The zero-order chi connectivity index (χ0) is 7.59. The number of esters is 1. The minimum Gasteiger partial charge on any atom is -0.458 e. The van der Waals surface area contributed by atoms with Crippen molar-refractivity contribution in [1.29, 1.82) is 0 Å². The van der Waals surface area contributed by atoms with Crippen LogP contribution in [0.15, 0.2) is 0 Å². The highest BCUT2D eigenvalue weighted by atomic mass is 127. The quantitative estimate of drug-likeness (QED) is 0.364. The fourth-order valence-corrected chi connectivity index (χ4v) is 3.24. The maximum atomic E-state index is 11.1. The van der Waals surface area contributed by atoms with Crippen LogP contribution in [0.25, 0.3) is 0 Å². The van der Waals surface area contributed by atoms with Crippen molar-refractivity contribution in [1.82, 2.24) is 0 Å². The summed E-state index contributed by atoms with van der Waals surface area (Å²) in [6.45, 7) is 0. The van der Waals surface area contributed by atoms with E-state index in [0.29, 0.717) is 3.92 Å². The molecule has 0 aromatic rings. The van der Waals surface area contributed by atoms with Crippen LogP contribution in [-0.2, 0) is 14.3 Å². The lowest BCUT2D eigenvalue weighted by atomic mass is 9.90. The molecule has 0 amide bonds. The molecule has 0 spiro atoms. The maximum absolute atomic E-state index is 11.1. The fourth-order valence-electron chi connectivity index (χ4n) is 2.22. The van der Waals surface area contributed by atoms with E-state index in [0.717, 1.165) is 6.42 Å². The molecule has 0 radical (unpaired) electrons. The van der Waals surface area contributed by atoms with E-state index in [4.69, 9.17) is 9.47 Å². The third-order valence-corrected chi connectivity index (χ3v) is 4.27. The number of carbonyl (C=O) groups is 1. The third-order valence-electron chi connectivity index (χ3n) is 2.76. The molecule has 0 N–H and O–H groups in total. The number of fused-ring (bicyclic) bond motifs is 1. The van der Waals surface area contributed by atoms with Gasteiger partial charge in [-0.15, -0.1) is 0 Å². The van der Waals surface area contributed by atoms with Gasteiger partial charge in [-0.05, 0) is 6.42 Å². The summed E-state index contributed by atoms with van der Waals surface area (Å²) in [7, 11) is 0. The molecule has 60 valence electrons. The van der Waals surface area contributed by atoms with Gasteiger partial charge in [-0.1, -0.05) is 22.6 Å². The largest absolute Gasteiger partial charge is 0.458 e. The molecule has 2 bridgehead atoms. The normalized spacial score (nSPS) is 58.6. The molecule has 3 rings (SSSR count). The first-order valence-electron chi connectivity index (χ1n) is 3.77. The van der Waals surface area contributed by atoms with Crippen molar-refractivity contribution in [2.24, 2.45) is 5.92 Å². The smallest absolute Gasteiger partial charge is 0.312 e. The van der Waals surface area contributed by atoms with Crippen LogP contribution in [0.4, 0.5) is 0 Å². The van der Waals surface area contributed by atoms with Gasteiger partial charge in [-0.3, -0.25) is 4.79 Å². The van der Waals surface area contributed by atoms with Gasteiger partial charge in [0.2, 0.25) is 0 Å². The van der Waals surface area contributed by atoms with Crippen LogP contribution in [0, 0.1) is 5.92 Å². The van der Waals surface area contributed by atoms with Gasteiger partial charge < -0.3 is 9.47 Å². The second kappa shape index (κ2) is 1.90. The lowest BCUT2D eigenvalue weighted by Gasteiger charge is -2.14. The van der Waals surface area contributed by atoms with Crippen LogP contribution in [0.2, 0.25) is 0 Å². The fraction of sp³-hybridized carbons (Fsp3) is 0.857. The van der Waals surface area contributed by atoms with Gasteiger partial charge >= 0.3 is 5.97 Å². The molecular weight excluding hydrogens is 259 g/mol. The number of ether oxygens (including phenoxy) is 2. The van der Waals surface area contributed by atoms with Crippen molar-refractivity contribution >= 4 is 28.6 Å². The molecule has 0 aliphatic carbocycles. The zero-order valence-electron chi connectivity index (χ0n) is 5.70. The topological polar surface area (TPSA) is 35.5 Å². The number of alkyl halides is 1. The van der Waals surface area contributed by atoms with Crippen LogP contribution in [0.5, 0.6) is 0 Å². The van der Waals surface area contributed by atoms with Crippen molar-refractivity contribution in [3.63, 3.8) is 0 Å². The molecule has 0 aromatic heterocycles. The Morgan fingerprint density at radius 2 is 2.27 bits per heavy atom. The maximum Gasteiger partial charge on any atom is 0.312 e. The van der Waals surface area contributed by atoms with Gasteiger partial charge in [0.05, 0.1) is 15.9 Å². The summed E-state index contributed by atoms with van der Waals surface area (Å²) >= 11 is 2.32. The molecule has 3 aliphatic rings. The second-order valence-corrected chi connectivity index (χ2v) is 4.77. The average molecular weight is 266 g/mol. The van der Waals surface area contributed by atoms with E-state index in [1.165, 1.54) is 0 Å². The highest BCUT2D eigenvalue weighted by Gasteiger charge is 2.62. The van der Waals surface area contributed by atoms with Gasteiger partial charge in [-0.2, -0.15) is 0 Å². The number of hydrogen-bond acceptors (Lipinski definition) is 3. The van der Waals surface area contributed by atoms with Gasteiger partial charge in [0.15, 0.2) is 0 Å². The van der Waals surface area contributed by atoms with Crippen molar-refractivity contribution in [2.75, 3.05) is 0 Å². The van der Waals surface area contributed by atoms with Crippen molar-refractivity contribution < 1.29 is 14.3 Å². The number of halogens is 1. The third kappa shape index (κ3) is 0.654. The molecule has 3 fully saturated rings. The Hall–Kier alpha value is 0.160. The second-order valence-electron chi connectivity index (χ2n) is 3.33. The molecular formula is C7H7IO3. The lowest BCUT2D eigenvalue weighted by Crippen LogP contribution is -2.31. The van der Waals surface area contributed by atoms with Crippen LogP contribution in [0.1, 0.15) is 6.42 Å². The van der Waals surface area contributed by atoms with E-state index in [-0.39, 0.29) is 30.2 Å². The monoisotopic (exact) mass is 266 g/mol. The van der Waals surface area contributed by atoms with E-state index in [1.54, 1.807) is 0 Å². The van der Waals surface area contributed by atoms with Crippen molar-refractivity contribution in [3.8, 4) is 0 Å². The molecule has 4 heteroatoms. The van der Waals surface area contributed by atoms with Gasteiger partial charge in [0.25, 0.3) is 0 Å². The molecule has 3 heterocycles. The van der Waals surface area contributed by atoms with Crippen LogP contribution in [0.3, 0.4) is 0 Å². The van der Waals surface area contributed by atoms with E-state index in [1.807, 2.05) is 0 Å². The van der Waals surface area contributed by atoms with E-state index in [2.05, 4.69) is 22.6 Å². The number of hydrogen-bond donors (Lipinski definition) is 0. The average Bonchev–Trinajstić information content (AvgIpc) is 2.53. The van der Waals surface area contributed by atoms with Gasteiger partial charge in [-0.25, -0.2) is 0 Å². The highest BCUT2D eigenvalue weighted by Crippen LogP contribution is 2.48. The summed E-state index contributed by atoms with van der Waals surface area (Å²) < 4.78 is 11.2. The molecule has 3 nitrogen and oxygen atoms in total. The molecule has 0 aromatic carbocycles. The van der Waals surface area contributed by atoms with E-state index >= 15 is 0 Å².